The van der Waals surface area contributed by atoms with Crippen molar-refractivity contribution in [1.29, 1.82) is 0 Å². The molecule has 2 fully saturated rings. The van der Waals surface area contributed by atoms with E-state index in [-0.39, 0.29) is 0 Å². The van der Waals surface area contributed by atoms with E-state index in [2.05, 4.69) is 40.5 Å². The zero-order valence-corrected chi connectivity index (χ0v) is 10.1. The Morgan fingerprint density at radius 1 is 1.18 bits per heavy atom. The molecule has 3 nitrogen and oxygen atoms in total. The lowest BCUT2D eigenvalue weighted by atomic mass is 9.90. The predicted octanol–water partition coefficient (Wildman–Crippen LogP) is 1.07. The molecule has 0 radical (unpaired) electrons. The molecule has 1 aromatic rings. The van der Waals surface area contributed by atoms with Crippen LogP contribution in [0.25, 0.3) is 0 Å². The molecule has 2 saturated heterocycles. The van der Waals surface area contributed by atoms with E-state index in [1.807, 2.05) is 0 Å². The number of hydrogen-bond acceptors (Lipinski definition) is 3. The van der Waals surface area contributed by atoms with Gasteiger partial charge in [0.25, 0.3) is 0 Å². The van der Waals surface area contributed by atoms with Crippen LogP contribution in [0, 0.1) is 0 Å². The zero-order valence-electron chi connectivity index (χ0n) is 10.1. The molecule has 3 heteroatoms. The summed E-state index contributed by atoms with van der Waals surface area (Å²) in [6.07, 6.45) is 0. The second-order valence-electron chi connectivity index (χ2n) is 4.90. The van der Waals surface area contributed by atoms with E-state index < -0.39 is 0 Å². The van der Waals surface area contributed by atoms with Gasteiger partial charge in [0.2, 0.25) is 0 Å². The summed E-state index contributed by atoms with van der Waals surface area (Å²) in [5.41, 5.74) is 1.43. The van der Waals surface area contributed by atoms with Gasteiger partial charge in [0.1, 0.15) is 0 Å². The standard InChI is InChI=1S/C14H20N2O/c1-2-4-12(5-3-1)13-10-15-6-7-16-8-9-17-11-14(13)16/h1-5,13-15H,6-11H2. The fourth-order valence-corrected chi connectivity index (χ4v) is 2.96. The molecule has 0 bridgehead atoms. The van der Waals surface area contributed by atoms with Crippen molar-refractivity contribution >= 4 is 0 Å². The van der Waals surface area contributed by atoms with Crippen LogP contribution < -0.4 is 5.32 Å². The molecule has 92 valence electrons. The lowest BCUT2D eigenvalue weighted by molar-refractivity contribution is -0.0107. The van der Waals surface area contributed by atoms with Crippen molar-refractivity contribution in [3.8, 4) is 0 Å². The lowest BCUT2D eigenvalue weighted by Gasteiger charge is -2.38. The summed E-state index contributed by atoms with van der Waals surface area (Å²) in [5, 5.41) is 3.55. The molecule has 2 atom stereocenters. The van der Waals surface area contributed by atoms with Crippen molar-refractivity contribution in [1.82, 2.24) is 10.2 Å². The summed E-state index contributed by atoms with van der Waals surface area (Å²) in [5.74, 6) is 0.555. The molecule has 17 heavy (non-hydrogen) atoms. The Morgan fingerprint density at radius 3 is 2.94 bits per heavy atom. The molecule has 2 unspecified atom stereocenters. The topological polar surface area (TPSA) is 24.5 Å². The Labute approximate surface area is 103 Å². The quantitative estimate of drug-likeness (QED) is 0.784. The predicted molar refractivity (Wildman–Crippen MR) is 68.2 cm³/mol. The van der Waals surface area contributed by atoms with Crippen molar-refractivity contribution in [2.45, 2.75) is 12.0 Å². The molecule has 0 aliphatic carbocycles. The highest BCUT2D eigenvalue weighted by molar-refractivity contribution is 5.22. The number of fused-ring (bicyclic) bond motifs is 1. The van der Waals surface area contributed by atoms with Crippen molar-refractivity contribution in [2.75, 3.05) is 39.4 Å². The molecule has 0 aromatic heterocycles. The molecule has 3 rings (SSSR count). The Balaban J connectivity index is 1.85. The summed E-state index contributed by atoms with van der Waals surface area (Å²) in [6, 6.07) is 11.4. The molecular weight excluding hydrogens is 212 g/mol. The lowest BCUT2D eigenvalue weighted by Crippen LogP contribution is -2.48. The second-order valence-corrected chi connectivity index (χ2v) is 4.90. The van der Waals surface area contributed by atoms with Gasteiger partial charge in [-0.15, -0.1) is 0 Å². The number of morpholine rings is 1. The van der Waals surface area contributed by atoms with Gasteiger partial charge in [0.05, 0.1) is 13.2 Å². The third-order valence-electron chi connectivity index (χ3n) is 3.91. The van der Waals surface area contributed by atoms with E-state index in [0.717, 1.165) is 39.4 Å². The monoisotopic (exact) mass is 232 g/mol. The molecule has 0 amide bonds. The summed E-state index contributed by atoms with van der Waals surface area (Å²) in [7, 11) is 0. The maximum Gasteiger partial charge on any atom is 0.0628 e. The molecule has 0 spiro atoms. The Morgan fingerprint density at radius 2 is 2.06 bits per heavy atom. The van der Waals surface area contributed by atoms with Gasteiger partial charge in [-0.25, -0.2) is 0 Å². The Kier molecular flexibility index (Phi) is 3.41. The molecule has 1 aromatic carbocycles. The van der Waals surface area contributed by atoms with Crippen LogP contribution in [0.3, 0.4) is 0 Å². The first-order chi connectivity index (χ1) is 8.45. The van der Waals surface area contributed by atoms with Crippen molar-refractivity contribution in [2.24, 2.45) is 0 Å². The maximum absolute atomic E-state index is 5.68. The number of ether oxygens (including phenoxy) is 1. The van der Waals surface area contributed by atoms with Crippen LogP contribution in [0.2, 0.25) is 0 Å². The fourth-order valence-electron chi connectivity index (χ4n) is 2.96. The molecule has 2 aliphatic rings. The van der Waals surface area contributed by atoms with Gasteiger partial charge < -0.3 is 10.1 Å². The first-order valence-electron chi connectivity index (χ1n) is 6.52. The van der Waals surface area contributed by atoms with Gasteiger partial charge in [-0.2, -0.15) is 0 Å². The maximum atomic E-state index is 5.68. The van der Waals surface area contributed by atoms with Crippen LogP contribution >= 0.6 is 0 Å². The first-order valence-corrected chi connectivity index (χ1v) is 6.52. The average Bonchev–Trinajstić information content (AvgIpc) is 2.62. The molecule has 0 saturated carbocycles. The van der Waals surface area contributed by atoms with Crippen LogP contribution in [0.1, 0.15) is 11.5 Å². The number of hydrogen-bond donors (Lipinski definition) is 1. The normalized spacial score (nSPS) is 30.6. The van der Waals surface area contributed by atoms with E-state index >= 15 is 0 Å². The highest BCUT2D eigenvalue weighted by Gasteiger charge is 2.32. The van der Waals surface area contributed by atoms with Crippen molar-refractivity contribution in [3.63, 3.8) is 0 Å². The molecule has 2 aliphatic heterocycles. The summed E-state index contributed by atoms with van der Waals surface area (Å²) >= 11 is 0. The van der Waals surface area contributed by atoms with Crippen LogP contribution in [-0.4, -0.2) is 50.3 Å². The fraction of sp³-hybridized carbons (Fsp3) is 0.571. The zero-order chi connectivity index (χ0) is 11.5. The largest absolute Gasteiger partial charge is 0.378 e. The van der Waals surface area contributed by atoms with E-state index in [1.54, 1.807) is 0 Å². The highest BCUT2D eigenvalue weighted by atomic mass is 16.5. The summed E-state index contributed by atoms with van der Waals surface area (Å²) in [6.45, 7) is 6.15. The Bertz CT molecular complexity index is 354. The highest BCUT2D eigenvalue weighted by Crippen LogP contribution is 2.26. The van der Waals surface area contributed by atoms with Crippen molar-refractivity contribution < 1.29 is 4.74 Å². The third-order valence-corrected chi connectivity index (χ3v) is 3.91. The number of nitrogens with zero attached hydrogens (tertiary/aromatic N) is 1. The average molecular weight is 232 g/mol. The number of rotatable bonds is 1. The minimum Gasteiger partial charge on any atom is -0.378 e. The van der Waals surface area contributed by atoms with E-state index in [9.17, 15) is 0 Å². The Hall–Kier alpha value is -0.900. The SMILES string of the molecule is c1ccc(C2CNCCN3CCOCC23)cc1. The van der Waals surface area contributed by atoms with E-state index in [4.69, 9.17) is 4.74 Å². The van der Waals surface area contributed by atoms with Gasteiger partial charge in [-0.1, -0.05) is 30.3 Å². The van der Waals surface area contributed by atoms with Crippen LogP contribution in [0.5, 0.6) is 0 Å². The number of benzene rings is 1. The molecule has 1 N–H and O–H groups in total. The van der Waals surface area contributed by atoms with Gasteiger partial charge >= 0.3 is 0 Å². The van der Waals surface area contributed by atoms with E-state index in [1.165, 1.54) is 5.56 Å². The van der Waals surface area contributed by atoms with Crippen LogP contribution in [0.4, 0.5) is 0 Å². The minimum absolute atomic E-state index is 0.543. The molecule has 2 heterocycles. The van der Waals surface area contributed by atoms with Crippen LogP contribution in [0.15, 0.2) is 30.3 Å². The van der Waals surface area contributed by atoms with E-state index in [0.29, 0.717) is 12.0 Å². The minimum atomic E-state index is 0.543. The van der Waals surface area contributed by atoms with Gasteiger partial charge in [-0.3, -0.25) is 4.90 Å². The van der Waals surface area contributed by atoms with Gasteiger partial charge in [0.15, 0.2) is 0 Å². The van der Waals surface area contributed by atoms with Crippen LogP contribution in [-0.2, 0) is 4.74 Å². The third kappa shape index (κ3) is 2.37. The number of nitrogens with one attached hydrogen (secondary N) is 1. The molecular formula is C14H20N2O. The second kappa shape index (κ2) is 5.17. The van der Waals surface area contributed by atoms with Crippen molar-refractivity contribution in [3.05, 3.63) is 35.9 Å². The summed E-state index contributed by atoms with van der Waals surface area (Å²) < 4.78 is 5.68. The van der Waals surface area contributed by atoms with Gasteiger partial charge in [-0.05, 0) is 5.56 Å². The van der Waals surface area contributed by atoms with Gasteiger partial charge in [0, 0.05) is 38.1 Å². The summed E-state index contributed by atoms with van der Waals surface area (Å²) in [4.78, 5) is 2.58. The smallest absolute Gasteiger partial charge is 0.0628 e. The first kappa shape index (κ1) is 11.2.